The molecule has 5 nitrogen and oxygen atoms in total. The summed E-state index contributed by atoms with van der Waals surface area (Å²) in [4.78, 5) is 11.7. The van der Waals surface area contributed by atoms with E-state index in [-0.39, 0.29) is 16.9 Å². The standard InChI is InChI=1S/C13H17F3N2O3S/c1-3-8(2)11(13(14,15)16)18-12(19)9-4-6-10(7-5-9)22(17,20)21/h4-8,11H,3H2,1-2H3,(H,18,19)(H2,17,20,21)/t8-,11+/m1/s1. The van der Waals surface area contributed by atoms with Crippen molar-refractivity contribution in [3.8, 4) is 0 Å². The van der Waals surface area contributed by atoms with Crippen LogP contribution in [0, 0.1) is 5.92 Å². The molecule has 22 heavy (non-hydrogen) atoms. The Labute approximate surface area is 126 Å². The van der Waals surface area contributed by atoms with E-state index in [4.69, 9.17) is 5.14 Å². The number of amides is 1. The number of primary sulfonamides is 1. The van der Waals surface area contributed by atoms with Crippen LogP contribution < -0.4 is 10.5 Å². The van der Waals surface area contributed by atoms with Crippen molar-refractivity contribution < 1.29 is 26.4 Å². The first kappa shape index (κ1) is 18.4. The van der Waals surface area contributed by atoms with Crippen molar-refractivity contribution in [1.82, 2.24) is 5.32 Å². The Morgan fingerprint density at radius 3 is 2.14 bits per heavy atom. The molecule has 0 fully saturated rings. The van der Waals surface area contributed by atoms with Gasteiger partial charge in [-0.1, -0.05) is 20.3 Å². The van der Waals surface area contributed by atoms with Crippen LogP contribution in [0.5, 0.6) is 0 Å². The molecule has 0 spiro atoms. The number of carbonyl (C=O) groups is 1. The van der Waals surface area contributed by atoms with E-state index in [1.54, 1.807) is 6.92 Å². The van der Waals surface area contributed by atoms with E-state index in [1.807, 2.05) is 5.32 Å². The van der Waals surface area contributed by atoms with Crippen LogP contribution in [0.2, 0.25) is 0 Å². The van der Waals surface area contributed by atoms with Crippen molar-refractivity contribution in [3.63, 3.8) is 0 Å². The summed E-state index contributed by atoms with van der Waals surface area (Å²) in [7, 11) is -3.92. The summed E-state index contributed by atoms with van der Waals surface area (Å²) in [5, 5.41) is 6.84. The van der Waals surface area contributed by atoms with Gasteiger partial charge in [-0.05, 0) is 30.2 Å². The van der Waals surface area contributed by atoms with Crippen LogP contribution >= 0.6 is 0 Å². The minimum Gasteiger partial charge on any atom is -0.340 e. The molecule has 0 aliphatic rings. The van der Waals surface area contributed by atoms with Gasteiger partial charge < -0.3 is 5.32 Å². The highest BCUT2D eigenvalue weighted by molar-refractivity contribution is 7.89. The third-order valence-corrected chi connectivity index (χ3v) is 4.23. The first-order valence-corrected chi connectivity index (χ1v) is 8.02. The molecule has 1 rings (SSSR count). The Morgan fingerprint density at radius 2 is 1.77 bits per heavy atom. The normalized spacial score (nSPS) is 15.2. The molecule has 0 saturated heterocycles. The average molecular weight is 338 g/mol. The number of carbonyl (C=O) groups excluding carboxylic acids is 1. The van der Waals surface area contributed by atoms with Crippen LogP contribution in [-0.4, -0.2) is 26.5 Å². The summed E-state index contributed by atoms with van der Waals surface area (Å²) in [6.07, 6.45) is -4.32. The average Bonchev–Trinajstić information content (AvgIpc) is 2.41. The quantitative estimate of drug-likeness (QED) is 0.861. The van der Waals surface area contributed by atoms with Gasteiger partial charge in [0.2, 0.25) is 10.0 Å². The number of alkyl halides is 3. The lowest BCUT2D eigenvalue weighted by Gasteiger charge is -2.26. The van der Waals surface area contributed by atoms with E-state index in [0.717, 1.165) is 24.3 Å². The molecule has 0 radical (unpaired) electrons. The molecule has 1 aromatic rings. The maximum absolute atomic E-state index is 12.9. The molecule has 9 heteroatoms. The number of rotatable bonds is 5. The van der Waals surface area contributed by atoms with E-state index in [1.165, 1.54) is 6.92 Å². The van der Waals surface area contributed by atoms with Gasteiger partial charge in [-0.3, -0.25) is 4.79 Å². The second-order valence-electron chi connectivity index (χ2n) is 4.95. The van der Waals surface area contributed by atoms with Crippen LogP contribution in [-0.2, 0) is 10.0 Å². The van der Waals surface area contributed by atoms with Gasteiger partial charge in [0, 0.05) is 5.56 Å². The van der Waals surface area contributed by atoms with Gasteiger partial charge in [0.15, 0.2) is 0 Å². The summed E-state index contributed by atoms with van der Waals surface area (Å²) >= 11 is 0. The van der Waals surface area contributed by atoms with Crippen molar-refractivity contribution >= 4 is 15.9 Å². The third kappa shape index (κ3) is 4.70. The maximum atomic E-state index is 12.9. The van der Waals surface area contributed by atoms with Crippen LogP contribution in [0.4, 0.5) is 13.2 Å². The summed E-state index contributed by atoms with van der Waals surface area (Å²) in [5.74, 6) is -1.71. The Hall–Kier alpha value is -1.61. The molecule has 0 aliphatic carbocycles. The van der Waals surface area contributed by atoms with E-state index in [2.05, 4.69) is 0 Å². The lowest BCUT2D eigenvalue weighted by molar-refractivity contribution is -0.164. The third-order valence-electron chi connectivity index (χ3n) is 3.30. The van der Waals surface area contributed by atoms with Gasteiger partial charge in [-0.25, -0.2) is 13.6 Å². The molecule has 124 valence electrons. The minimum atomic E-state index is -4.56. The van der Waals surface area contributed by atoms with Crippen LogP contribution in [0.1, 0.15) is 30.6 Å². The number of hydrogen-bond donors (Lipinski definition) is 2. The lowest BCUT2D eigenvalue weighted by Crippen LogP contribution is -2.49. The Balaban J connectivity index is 2.96. The van der Waals surface area contributed by atoms with E-state index in [9.17, 15) is 26.4 Å². The van der Waals surface area contributed by atoms with Gasteiger partial charge in [-0.2, -0.15) is 13.2 Å². The van der Waals surface area contributed by atoms with Gasteiger partial charge in [0.05, 0.1) is 4.90 Å². The number of halogens is 3. The van der Waals surface area contributed by atoms with Gasteiger partial charge in [-0.15, -0.1) is 0 Å². The molecule has 1 aromatic carbocycles. The number of sulfonamides is 1. The molecule has 0 unspecified atom stereocenters. The number of nitrogens with two attached hydrogens (primary N) is 1. The molecule has 0 heterocycles. The maximum Gasteiger partial charge on any atom is 0.408 e. The Morgan fingerprint density at radius 1 is 1.27 bits per heavy atom. The monoisotopic (exact) mass is 338 g/mol. The van der Waals surface area contributed by atoms with Crippen molar-refractivity contribution in [1.29, 1.82) is 0 Å². The van der Waals surface area contributed by atoms with Crippen molar-refractivity contribution in [3.05, 3.63) is 29.8 Å². The predicted molar refractivity (Wildman–Crippen MR) is 74.6 cm³/mol. The fourth-order valence-corrected chi connectivity index (χ4v) is 2.32. The van der Waals surface area contributed by atoms with Crippen LogP contribution in [0.25, 0.3) is 0 Å². The van der Waals surface area contributed by atoms with E-state index < -0.39 is 34.1 Å². The molecule has 0 aromatic heterocycles. The summed E-state index contributed by atoms with van der Waals surface area (Å²) in [6, 6.07) is 2.38. The minimum absolute atomic E-state index is 0.0787. The number of benzene rings is 1. The Bertz CT molecular complexity index is 627. The zero-order chi connectivity index (χ0) is 17.1. The second kappa shape index (κ2) is 6.66. The summed E-state index contributed by atoms with van der Waals surface area (Å²) in [6.45, 7) is 2.99. The van der Waals surface area contributed by atoms with Crippen molar-refractivity contribution in [2.24, 2.45) is 11.1 Å². The SMILES string of the molecule is CC[C@@H](C)[C@H](NC(=O)c1ccc(S(N)(=O)=O)cc1)C(F)(F)F. The largest absolute Gasteiger partial charge is 0.408 e. The summed E-state index contributed by atoms with van der Waals surface area (Å²) in [5.41, 5.74) is -0.0787. The zero-order valence-corrected chi connectivity index (χ0v) is 12.8. The highest BCUT2D eigenvalue weighted by Gasteiger charge is 2.43. The highest BCUT2D eigenvalue weighted by atomic mass is 32.2. The molecule has 0 aliphatic heterocycles. The number of hydrogen-bond acceptors (Lipinski definition) is 3. The predicted octanol–water partition coefficient (Wildman–Crippen LogP) is 2.04. The second-order valence-corrected chi connectivity index (χ2v) is 6.51. The summed E-state index contributed by atoms with van der Waals surface area (Å²) < 4.78 is 61.0. The van der Waals surface area contributed by atoms with Crippen LogP contribution in [0.15, 0.2) is 29.2 Å². The molecular weight excluding hydrogens is 321 g/mol. The van der Waals surface area contributed by atoms with Crippen molar-refractivity contribution in [2.75, 3.05) is 0 Å². The topological polar surface area (TPSA) is 89.3 Å². The molecule has 1 amide bonds. The van der Waals surface area contributed by atoms with Gasteiger partial charge in [0.1, 0.15) is 6.04 Å². The fraction of sp³-hybridized carbons (Fsp3) is 0.462. The van der Waals surface area contributed by atoms with E-state index >= 15 is 0 Å². The van der Waals surface area contributed by atoms with Crippen LogP contribution in [0.3, 0.4) is 0 Å². The first-order valence-electron chi connectivity index (χ1n) is 6.47. The van der Waals surface area contributed by atoms with Gasteiger partial charge >= 0.3 is 6.18 Å². The molecule has 0 bridgehead atoms. The fourth-order valence-electron chi connectivity index (χ4n) is 1.80. The molecule has 0 saturated carbocycles. The molecule has 2 atom stereocenters. The zero-order valence-electron chi connectivity index (χ0n) is 12.0. The van der Waals surface area contributed by atoms with E-state index in [0.29, 0.717) is 0 Å². The highest BCUT2D eigenvalue weighted by Crippen LogP contribution is 2.27. The molecular formula is C13H17F3N2O3S. The lowest BCUT2D eigenvalue weighted by atomic mass is 9.98. The first-order chi connectivity index (χ1) is 9.96. The van der Waals surface area contributed by atoms with Gasteiger partial charge in [0.25, 0.3) is 5.91 Å². The number of nitrogens with one attached hydrogen (secondary N) is 1. The Kier molecular flexibility index (Phi) is 5.58. The molecule has 3 N–H and O–H groups in total. The van der Waals surface area contributed by atoms with Crippen molar-refractivity contribution in [2.45, 2.75) is 37.4 Å². The smallest absolute Gasteiger partial charge is 0.340 e.